The average molecular weight is 318 g/mol. The molecule has 1 aliphatic heterocycles. The van der Waals surface area contributed by atoms with Crippen LogP contribution in [0.3, 0.4) is 0 Å². The predicted molar refractivity (Wildman–Crippen MR) is 89.4 cm³/mol. The summed E-state index contributed by atoms with van der Waals surface area (Å²) in [5.41, 5.74) is 1.26. The van der Waals surface area contributed by atoms with E-state index in [4.69, 9.17) is 4.74 Å². The summed E-state index contributed by atoms with van der Waals surface area (Å²) in [4.78, 5) is 25.9. The first-order valence-electron chi connectivity index (χ1n) is 8.07. The molecule has 0 bridgehead atoms. The highest BCUT2D eigenvalue weighted by Gasteiger charge is 2.29. The molecule has 1 saturated heterocycles. The number of ether oxygens (including phenoxy) is 1. The van der Waals surface area contributed by atoms with E-state index in [1.165, 1.54) is 0 Å². The summed E-state index contributed by atoms with van der Waals surface area (Å²) < 4.78 is 5.38. The van der Waals surface area contributed by atoms with E-state index in [-0.39, 0.29) is 17.9 Å². The van der Waals surface area contributed by atoms with Crippen LogP contribution in [0.15, 0.2) is 24.3 Å². The highest BCUT2D eigenvalue weighted by atomic mass is 16.6. The molecule has 1 heterocycles. The largest absolute Gasteiger partial charge is 0.444 e. The summed E-state index contributed by atoms with van der Waals surface area (Å²) >= 11 is 0. The first-order valence-corrected chi connectivity index (χ1v) is 8.07. The van der Waals surface area contributed by atoms with Gasteiger partial charge in [0.1, 0.15) is 5.60 Å². The maximum absolute atomic E-state index is 12.1. The van der Waals surface area contributed by atoms with Gasteiger partial charge in [-0.05, 0) is 52.2 Å². The van der Waals surface area contributed by atoms with Crippen molar-refractivity contribution < 1.29 is 14.3 Å². The van der Waals surface area contributed by atoms with Gasteiger partial charge in [-0.3, -0.25) is 4.79 Å². The average Bonchev–Trinajstić information content (AvgIpc) is 2.92. The van der Waals surface area contributed by atoms with Crippen LogP contribution in [0.5, 0.6) is 0 Å². The van der Waals surface area contributed by atoms with Crippen LogP contribution in [-0.2, 0) is 4.74 Å². The summed E-state index contributed by atoms with van der Waals surface area (Å²) in [7, 11) is 0. The van der Waals surface area contributed by atoms with E-state index in [1.54, 1.807) is 4.90 Å². The maximum atomic E-state index is 12.1. The van der Waals surface area contributed by atoms with E-state index in [0.717, 1.165) is 12.0 Å². The minimum atomic E-state index is -0.478. The van der Waals surface area contributed by atoms with Crippen molar-refractivity contribution in [2.24, 2.45) is 5.92 Å². The number of nitrogens with zero attached hydrogens (tertiary/aromatic N) is 1. The smallest absolute Gasteiger partial charge is 0.410 e. The fourth-order valence-corrected chi connectivity index (χ4v) is 2.62. The van der Waals surface area contributed by atoms with Gasteiger partial charge in [-0.2, -0.15) is 0 Å². The van der Waals surface area contributed by atoms with Crippen LogP contribution in [0.2, 0.25) is 0 Å². The van der Waals surface area contributed by atoms with Gasteiger partial charge in [-0.1, -0.05) is 17.7 Å². The first kappa shape index (κ1) is 17.3. The first-order chi connectivity index (χ1) is 10.7. The Kier molecular flexibility index (Phi) is 5.29. The van der Waals surface area contributed by atoms with Crippen molar-refractivity contribution in [3.63, 3.8) is 0 Å². The number of amides is 2. The van der Waals surface area contributed by atoms with Gasteiger partial charge < -0.3 is 15.0 Å². The van der Waals surface area contributed by atoms with Crippen molar-refractivity contribution in [3.8, 4) is 0 Å². The van der Waals surface area contributed by atoms with Crippen molar-refractivity contribution >= 4 is 12.0 Å². The van der Waals surface area contributed by atoms with Crippen LogP contribution in [0, 0.1) is 12.8 Å². The molecule has 0 aromatic heterocycles. The lowest BCUT2D eigenvalue weighted by atomic mass is 10.1. The van der Waals surface area contributed by atoms with E-state index in [1.807, 2.05) is 52.0 Å². The van der Waals surface area contributed by atoms with Crippen molar-refractivity contribution in [1.82, 2.24) is 10.2 Å². The highest BCUT2D eigenvalue weighted by molar-refractivity contribution is 5.94. The molecule has 2 amide bonds. The number of likely N-dealkylation sites (tertiary alicyclic amines) is 1. The molecule has 1 atom stereocenters. The van der Waals surface area contributed by atoms with E-state index in [9.17, 15) is 9.59 Å². The summed E-state index contributed by atoms with van der Waals surface area (Å²) in [6, 6.07) is 7.53. The summed E-state index contributed by atoms with van der Waals surface area (Å²) in [5.74, 6) is 0.209. The van der Waals surface area contributed by atoms with E-state index in [2.05, 4.69) is 5.32 Å². The molecular formula is C18H26N2O3. The van der Waals surface area contributed by atoms with Gasteiger partial charge in [-0.15, -0.1) is 0 Å². The number of rotatable bonds is 3. The minimum absolute atomic E-state index is 0.0654. The zero-order valence-corrected chi connectivity index (χ0v) is 14.4. The van der Waals surface area contributed by atoms with Gasteiger partial charge in [-0.25, -0.2) is 4.79 Å². The summed E-state index contributed by atoms with van der Waals surface area (Å²) in [5, 5.41) is 2.96. The molecule has 0 aliphatic carbocycles. The SMILES string of the molecule is Cc1cccc(C(=O)NC[C@H]2CCN(C(=O)OC(C)(C)C)C2)c1. The molecule has 0 spiro atoms. The molecule has 1 fully saturated rings. The molecule has 1 aromatic carbocycles. The Morgan fingerprint density at radius 3 is 2.74 bits per heavy atom. The van der Waals surface area contributed by atoms with Crippen LogP contribution in [0.4, 0.5) is 4.79 Å². The third kappa shape index (κ3) is 5.27. The van der Waals surface area contributed by atoms with E-state index >= 15 is 0 Å². The topological polar surface area (TPSA) is 58.6 Å². The number of hydrogen-bond donors (Lipinski definition) is 1. The Labute approximate surface area is 138 Å². The molecule has 2 rings (SSSR count). The molecule has 5 heteroatoms. The summed E-state index contributed by atoms with van der Waals surface area (Å²) in [6.07, 6.45) is 0.609. The van der Waals surface area contributed by atoms with Crippen LogP contribution < -0.4 is 5.32 Å². The maximum Gasteiger partial charge on any atom is 0.410 e. The summed E-state index contributed by atoms with van der Waals surface area (Å²) in [6.45, 7) is 9.43. The zero-order chi connectivity index (χ0) is 17.0. The molecule has 126 valence electrons. The Morgan fingerprint density at radius 1 is 1.35 bits per heavy atom. The molecule has 1 aromatic rings. The van der Waals surface area contributed by atoms with Gasteiger partial charge in [0.25, 0.3) is 5.91 Å². The molecular weight excluding hydrogens is 292 g/mol. The van der Waals surface area contributed by atoms with E-state index in [0.29, 0.717) is 25.2 Å². The number of carbonyl (C=O) groups is 2. The fraction of sp³-hybridized carbons (Fsp3) is 0.556. The van der Waals surface area contributed by atoms with Crippen molar-refractivity contribution in [2.75, 3.05) is 19.6 Å². The standard InChI is InChI=1S/C18H26N2O3/c1-13-6-5-7-15(10-13)16(21)19-11-14-8-9-20(12-14)17(22)23-18(2,3)4/h5-7,10,14H,8-9,11-12H2,1-4H3,(H,19,21)/t14-/m1/s1. The highest BCUT2D eigenvalue weighted by Crippen LogP contribution is 2.19. The molecule has 0 radical (unpaired) electrons. The lowest BCUT2D eigenvalue weighted by Gasteiger charge is -2.24. The Bertz CT molecular complexity index is 578. The van der Waals surface area contributed by atoms with Gasteiger partial charge in [0.05, 0.1) is 0 Å². The molecule has 23 heavy (non-hydrogen) atoms. The molecule has 1 aliphatic rings. The predicted octanol–water partition coefficient (Wildman–Crippen LogP) is 2.98. The van der Waals surface area contributed by atoms with Crippen LogP contribution in [0.1, 0.15) is 43.1 Å². The molecule has 5 nitrogen and oxygen atoms in total. The second kappa shape index (κ2) is 7.02. The number of benzene rings is 1. The van der Waals surface area contributed by atoms with Gasteiger partial charge in [0.15, 0.2) is 0 Å². The third-order valence-electron chi connectivity index (χ3n) is 3.77. The zero-order valence-electron chi connectivity index (χ0n) is 14.4. The minimum Gasteiger partial charge on any atom is -0.444 e. The number of hydrogen-bond acceptors (Lipinski definition) is 3. The molecule has 0 saturated carbocycles. The van der Waals surface area contributed by atoms with Crippen LogP contribution in [-0.4, -0.2) is 42.1 Å². The lowest BCUT2D eigenvalue weighted by molar-refractivity contribution is 0.0288. The van der Waals surface area contributed by atoms with Crippen LogP contribution >= 0.6 is 0 Å². The number of aryl methyl sites for hydroxylation is 1. The number of nitrogens with one attached hydrogen (secondary N) is 1. The van der Waals surface area contributed by atoms with Crippen molar-refractivity contribution in [1.29, 1.82) is 0 Å². The second-order valence-corrected chi connectivity index (χ2v) is 7.16. The fourth-order valence-electron chi connectivity index (χ4n) is 2.62. The van der Waals surface area contributed by atoms with E-state index < -0.39 is 5.60 Å². The van der Waals surface area contributed by atoms with Gasteiger partial charge in [0.2, 0.25) is 0 Å². The normalized spacial score (nSPS) is 17.9. The third-order valence-corrected chi connectivity index (χ3v) is 3.77. The van der Waals surface area contributed by atoms with Gasteiger partial charge in [0, 0.05) is 25.2 Å². The quantitative estimate of drug-likeness (QED) is 0.932. The lowest BCUT2D eigenvalue weighted by Crippen LogP contribution is -2.36. The molecule has 1 N–H and O–H groups in total. The van der Waals surface area contributed by atoms with Crippen molar-refractivity contribution in [3.05, 3.63) is 35.4 Å². The Balaban J connectivity index is 1.80. The molecule has 0 unspecified atom stereocenters. The van der Waals surface area contributed by atoms with Crippen LogP contribution in [0.25, 0.3) is 0 Å². The Hall–Kier alpha value is -2.04. The number of carbonyl (C=O) groups excluding carboxylic acids is 2. The van der Waals surface area contributed by atoms with Gasteiger partial charge >= 0.3 is 6.09 Å². The Morgan fingerprint density at radius 2 is 2.09 bits per heavy atom. The monoisotopic (exact) mass is 318 g/mol. The van der Waals surface area contributed by atoms with Crippen molar-refractivity contribution in [2.45, 2.75) is 39.7 Å². The second-order valence-electron chi connectivity index (χ2n) is 7.16.